The van der Waals surface area contributed by atoms with Crippen LogP contribution in [0.1, 0.15) is 34.3 Å². The van der Waals surface area contributed by atoms with Gasteiger partial charge in [-0.1, -0.05) is 24.3 Å². The third-order valence-electron chi connectivity index (χ3n) is 5.81. The third-order valence-corrected chi connectivity index (χ3v) is 5.81. The van der Waals surface area contributed by atoms with Gasteiger partial charge in [0.05, 0.1) is 29.6 Å². The fraction of sp³-hybridized carbons (Fsp3) is 0.318. The summed E-state index contributed by atoms with van der Waals surface area (Å²) in [6.07, 6.45) is 0.539. The molecule has 2 amide bonds. The Morgan fingerprint density at radius 1 is 1.19 bits per heavy atom. The van der Waals surface area contributed by atoms with E-state index < -0.39 is 16.6 Å². The number of nitriles is 1. The van der Waals surface area contributed by atoms with Crippen LogP contribution in [0.4, 0.5) is 10.5 Å². The van der Waals surface area contributed by atoms with E-state index in [0.717, 1.165) is 5.56 Å². The highest BCUT2D eigenvalue weighted by Crippen LogP contribution is 2.34. The molecule has 0 unspecified atom stereocenters. The smallest absolute Gasteiger partial charge is 0.410 e. The van der Waals surface area contributed by atoms with Crippen LogP contribution >= 0.6 is 0 Å². The predicted molar refractivity (Wildman–Crippen MR) is 109 cm³/mol. The number of amides is 2. The first-order chi connectivity index (χ1) is 14.9. The Bertz CT molecular complexity index is 1090. The molecule has 2 saturated heterocycles. The second-order valence-electron chi connectivity index (χ2n) is 7.78. The van der Waals surface area contributed by atoms with Gasteiger partial charge in [0.25, 0.3) is 11.6 Å². The lowest BCUT2D eigenvalue weighted by Gasteiger charge is -2.37. The zero-order valence-electron chi connectivity index (χ0n) is 16.7. The van der Waals surface area contributed by atoms with Gasteiger partial charge in [-0.2, -0.15) is 5.26 Å². The highest BCUT2D eigenvalue weighted by atomic mass is 16.6. The van der Waals surface area contributed by atoms with Gasteiger partial charge >= 0.3 is 6.09 Å². The minimum atomic E-state index is -0.669. The first-order valence-electron chi connectivity index (χ1n) is 9.90. The molecule has 2 aliphatic heterocycles. The fourth-order valence-corrected chi connectivity index (χ4v) is 4.10. The van der Waals surface area contributed by atoms with Crippen molar-refractivity contribution in [3.63, 3.8) is 0 Å². The number of carbonyl (C=O) groups is 2. The minimum Gasteiger partial charge on any atom is -0.441 e. The van der Waals surface area contributed by atoms with Crippen molar-refractivity contribution in [2.24, 2.45) is 0 Å². The van der Waals surface area contributed by atoms with Crippen LogP contribution < -0.4 is 0 Å². The van der Waals surface area contributed by atoms with Crippen molar-refractivity contribution >= 4 is 17.7 Å². The fourth-order valence-electron chi connectivity index (χ4n) is 4.10. The van der Waals surface area contributed by atoms with Crippen molar-refractivity contribution < 1.29 is 19.2 Å². The summed E-state index contributed by atoms with van der Waals surface area (Å²) in [6.45, 7) is 1.46. The first-order valence-corrected chi connectivity index (χ1v) is 9.90. The van der Waals surface area contributed by atoms with Gasteiger partial charge in [0.1, 0.15) is 5.60 Å². The maximum atomic E-state index is 12.8. The van der Waals surface area contributed by atoms with E-state index in [1.54, 1.807) is 28.0 Å². The number of nitrogens with zero attached hydrogens (tertiary/aromatic N) is 4. The lowest BCUT2D eigenvalue weighted by molar-refractivity contribution is -0.384. The SMILES string of the molecule is N#Cc1ccccc1CN1CC2(CCN(C(=O)c3cccc([N+](=O)[O-])c3)CC2)OC1=O. The quantitative estimate of drug-likeness (QED) is 0.554. The molecule has 0 radical (unpaired) electrons. The molecule has 0 bridgehead atoms. The number of benzene rings is 2. The molecule has 9 nitrogen and oxygen atoms in total. The van der Waals surface area contributed by atoms with E-state index in [1.807, 2.05) is 12.1 Å². The summed E-state index contributed by atoms with van der Waals surface area (Å²) in [5, 5.41) is 20.2. The maximum Gasteiger partial charge on any atom is 0.410 e. The number of piperidine rings is 1. The van der Waals surface area contributed by atoms with E-state index in [2.05, 4.69) is 6.07 Å². The van der Waals surface area contributed by atoms with E-state index in [0.29, 0.717) is 44.6 Å². The Hall–Kier alpha value is -3.93. The van der Waals surface area contributed by atoms with Crippen LogP contribution in [0, 0.1) is 21.4 Å². The highest BCUT2D eigenvalue weighted by Gasteiger charge is 2.47. The summed E-state index contributed by atoms with van der Waals surface area (Å²) in [6, 6.07) is 14.9. The molecule has 2 aliphatic rings. The summed E-state index contributed by atoms with van der Waals surface area (Å²) >= 11 is 0. The topological polar surface area (TPSA) is 117 Å². The van der Waals surface area contributed by atoms with Gasteiger partial charge in [-0.15, -0.1) is 0 Å². The predicted octanol–water partition coefficient (Wildman–Crippen LogP) is 3.09. The minimum absolute atomic E-state index is 0.127. The van der Waals surface area contributed by atoms with Crippen molar-refractivity contribution in [2.45, 2.75) is 25.0 Å². The van der Waals surface area contributed by atoms with Crippen molar-refractivity contribution in [2.75, 3.05) is 19.6 Å². The number of hydrogen-bond acceptors (Lipinski definition) is 6. The van der Waals surface area contributed by atoms with Crippen LogP contribution in [0.5, 0.6) is 0 Å². The summed E-state index contributed by atoms with van der Waals surface area (Å²) in [5.74, 6) is -0.275. The summed E-state index contributed by atoms with van der Waals surface area (Å²) in [4.78, 5) is 38.9. The number of likely N-dealkylation sites (tertiary alicyclic amines) is 1. The number of nitro benzene ring substituents is 1. The van der Waals surface area contributed by atoms with Crippen LogP contribution in [0.2, 0.25) is 0 Å². The normalized spacial score (nSPS) is 17.3. The molecule has 31 heavy (non-hydrogen) atoms. The van der Waals surface area contributed by atoms with Gasteiger partial charge in [0.15, 0.2) is 0 Å². The highest BCUT2D eigenvalue weighted by molar-refractivity contribution is 5.95. The van der Waals surface area contributed by atoms with Crippen molar-refractivity contribution in [3.8, 4) is 6.07 Å². The molecule has 0 N–H and O–H groups in total. The van der Waals surface area contributed by atoms with Crippen molar-refractivity contribution in [1.82, 2.24) is 9.80 Å². The monoisotopic (exact) mass is 420 g/mol. The molecule has 2 aromatic rings. The summed E-state index contributed by atoms with van der Waals surface area (Å²) < 4.78 is 5.71. The van der Waals surface area contributed by atoms with Crippen LogP contribution in [0.25, 0.3) is 0 Å². The van der Waals surface area contributed by atoms with Crippen LogP contribution in [0.15, 0.2) is 48.5 Å². The van der Waals surface area contributed by atoms with E-state index >= 15 is 0 Å². The number of hydrogen-bond donors (Lipinski definition) is 0. The Morgan fingerprint density at radius 2 is 1.94 bits per heavy atom. The molecule has 2 fully saturated rings. The lowest BCUT2D eigenvalue weighted by Crippen LogP contribution is -2.48. The van der Waals surface area contributed by atoms with Crippen molar-refractivity contribution in [1.29, 1.82) is 5.26 Å². The molecule has 2 aromatic carbocycles. The second-order valence-corrected chi connectivity index (χ2v) is 7.78. The largest absolute Gasteiger partial charge is 0.441 e. The van der Waals surface area contributed by atoms with E-state index in [-0.39, 0.29) is 17.2 Å². The van der Waals surface area contributed by atoms with Crippen LogP contribution in [-0.4, -0.2) is 52.0 Å². The average Bonchev–Trinajstić information content (AvgIpc) is 3.08. The van der Waals surface area contributed by atoms with Gasteiger partial charge < -0.3 is 9.64 Å². The van der Waals surface area contributed by atoms with Crippen LogP contribution in [-0.2, 0) is 11.3 Å². The average molecular weight is 420 g/mol. The van der Waals surface area contributed by atoms with E-state index in [4.69, 9.17) is 4.74 Å². The van der Waals surface area contributed by atoms with E-state index in [1.165, 1.54) is 18.2 Å². The van der Waals surface area contributed by atoms with E-state index in [9.17, 15) is 25.0 Å². The Morgan fingerprint density at radius 3 is 2.65 bits per heavy atom. The first kappa shape index (κ1) is 20.3. The number of nitro groups is 1. The molecule has 0 saturated carbocycles. The zero-order chi connectivity index (χ0) is 22.0. The number of carbonyl (C=O) groups excluding carboxylic acids is 2. The number of non-ortho nitro benzene ring substituents is 1. The molecule has 0 aliphatic carbocycles. The van der Waals surface area contributed by atoms with Gasteiger partial charge in [0, 0.05) is 43.6 Å². The number of ether oxygens (including phenoxy) is 1. The molecular formula is C22H20N4O5. The van der Waals surface area contributed by atoms with Crippen molar-refractivity contribution in [3.05, 3.63) is 75.3 Å². The van der Waals surface area contributed by atoms with Gasteiger partial charge in [-0.3, -0.25) is 19.8 Å². The van der Waals surface area contributed by atoms with Crippen LogP contribution in [0.3, 0.4) is 0 Å². The Kier molecular flexibility index (Phi) is 5.29. The van der Waals surface area contributed by atoms with Gasteiger partial charge in [-0.25, -0.2) is 4.79 Å². The Labute approximate surface area is 178 Å². The second kappa shape index (κ2) is 8.07. The van der Waals surface area contributed by atoms with Gasteiger partial charge in [-0.05, 0) is 17.7 Å². The molecular weight excluding hydrogens is 400 g/mol. The summed E-state index contributed by atoms with van der Waals surface area (Å²) in [5.41, 5.74) is 0.754. The molecule has 158 valence electrons. The maximum absolute atomic E-state index is 12.8. The Balaban J connectivity index is 1.41. The summed E-state index contributed by atoms with van der Waals surface area (Å²) in [7, 11) is 0. The lowest BCUT2D eigenvalue weighted by atomic mass is 9.91. The standard InChI is InChI=1S/C22H20N4O5/c23-13-17-4-1-2-5-18(17)14-25-15-22(31-21(25)28)8-10-24(11-9-22)20(27)16-6-3-7-19(12-16)26(29)30/h1-7,12H,8-11,14-15H2. The molecule has 2 heterocycles. The van der Waals surface area contributed by atoms with Gasteiger partial charge in [0.2, 0.25) is 0 Å². The molecule has 0 aromatic heterocycles. The molecule has 0 atom stereocenters. The molecule has 1 spiro atoms. The molecule has 4 rings (SSSR count). The molecule has 9 heteroatoms. The number of rotatable bonds is 4. The third kappa shape index (κ3) is 4.05. The zero-order valence-corrected chi connectivity index (χ0v) is 16.7.